The van der Waals surface area contributed by atoms with Crippen molar-refractivity contribution in [2.24, 2.45) is 0 Å². The van der Waals surface area contributed by atoms with Crippen LogP contribution in [0.3, 0.4) is 0 Å². The van der Waals surface area contributed by atoms with Crippen molar-refractivity contribution in [3.05, 3.63) is 66.2 Å². The molecule has 0 aliphatic heterocycles. The normalized spacial score (nSPS) is 13.7. The number of nitrogens with one attached hydrogen (secondary N) is 1. The van der Waals surface area contributed by atoms with Gasteiger partial charge in [-0.1, -0.05) is 30.3 Å². The molecule has 1 aliphatic rings. The van der Waals surface area contributed by atoms with Crippen LogP contribution in [0, 0.1) is 0 Å². The highest BCUT2D eigenvalue weighted by Gasteiger charge is 2.30. The van der Waals surface area contributed by atoms with Crippen molar-refractivity contribution >= 4 is 16.9 Å². The molecule has 2 aromatic heterocycles. The number of fused-ring (bicyclic) bond motifs is 1. The number of tetrazole rings is 1. The van der Waals surface area contributed by atoms with Gasteiger partial charge in [0.05, 0.1) is 23.3 Å². The minimum Gasteiger partial charge on any atom is -0.347 e. The SMILES string of the molecule is O=C(Cn1c(C2CC2)nc2ccccc21)NCc1nnnn1-c1ccccc1. The van der Waals surface area contributed by atoms with Gasteiger partial charge in [-0.2, -0.15) is 4.68 Å². The van der Waals surface area contributed by atoms with Crippen molar-refractivity contribution in [1.29, 1.82) is 0 Å². The van der Waals surface area contributed by atoms with E-state index < -0.39 is 0 Å². The molecule has 1 fully saturated rings. The Morgan fingerprint density at radius 1 is 1.07 bits per heavy atom. The molecule has 140 valence electrons. The van der Waals surface area contributed by atoms with Gasteiger partial charge in [0.25, 0.3) is 0 Å². The Balaban J connectivity index is 1.33. The first-order chi connectivity index (χ1) is 13.8. The van der Waals surface area contributed by atoms with E-state index in [0.717, 1.165) is 35.4 Å². The van der Waals surface area contributed by atoms with E-state index in [0.29, 0.717) is 11.7 Å². The van der Waals surface area contributed by atoms with Crippen molar-refractivity contribution in [1.82, 2.24) is 35.1 Å². The Hall–Kier alpha value is -3.55. The summed E-state index contributed by atoms with van der Waals surface area (Å²) < 4.78 is 3.66. The third-order valence-corrected chi connectivity index (χ3v) is 4.91. The van der Waals surface area contributed by atoms with E-state index in [2.05, 4.69) is 20.8 Å². The van der Waals surface area contributed by atoms with E-state index in [-0.39, 0.29) is 19.0 Å². The Labute approximate surface area is 161 Å². The average Bonchev–Trinajstić information content (AvgIpc) is 3.36. The first-order valence-corrected chi connectivity index (χ1v) is 9.34. The molecule has 0 unspecified atom stereocenters. The van der Waals surface area contributed by atoms with Crippen molar-refractivity contribution in [3.8, 4) is 5.69 Å². The molecule has 8 nitrogen and oxygen atoms in total. The van der Waals surface area contributed by atoms with Gasteiger partial charge in [-0.15, -0.1) is 5.10 Å². The van der Waals surface area contributed by atoms with Gasteiger partial charge >= 0.3 is 0 Å². The number of carbonyl (C=O) groups excluding carboxylic acids is 1. The zero-order valence-corrected chi connectivity index (χ0v) is 15.2. The number of nitrogens with zero attached hydrogens (tertiary/aromatic N) is 6. The predicted octanol–water partition coefficient (Wildman–Crippen LogP) is 2.21. The van der Waals surface area contributed by atoms with Gasteiger partial charge in [0, 0.05) is 5.92 Å². The average molecular weight is 373 g/mol. The topological polar surface area (TPSA) is 90.5 Å². The molecule has 0 saturated heterocycles. The van der Waals surface area contributed by atoms with Crippen LogP contribution in [-0.4, -0.2) is 35.7 Å². The second-order valence-corrected chi connectivity index (χ2v) is 6.94. The van der Waals surface area contributed by atoms with Crippen molar-refractivity contribution < 1.29 is 4.79 Å². The van der Waals surface area contributed by atoms with E-state index >= 15 is 0 Å². The number of aromatic nitrogens is 6. The molecule has 28 heavy (non-hydrogen) atoms. The third-order valence-electron chi connectivity index (χ3n) is 4.91. The van der Waals surface area contributed by atoms with Gasteiger partial charge < -0.3 is 9.88 Å². The molecule has 8 heteroatoms. The number of benzene rings is 2. The fourth-order valence-corrected chi connectivity index (χ4v) is 3.38. The number of rotatable bonds is 6. The Morgan fingerprint density at radius 3 is 2.68 bits per heavy atom. The van der Waals surface area contributed by atoms with Gasteiger partial charge in [0.15, 0.2) is 5.82 Å². The minimum absolute atomic E-state index is 0.0901. The van der Waals surface area contributed by atoms with Crippen LogP contribution in [0.1, 0.15) is 30.4 Å². The molecule has 1 saturated carbocycles. The maximum absolute atomic E-state index is 12.7. The molecular weight excluding hydrogens is 354 g/mol. The van der Waals surface area contributed by atoms with Crippen LogP contribution in [0.2, 0.25) is 0 Å². The molecule has 0 radical (unpaired) electrons. The summed E-state index contributed by atoms with van der Waals surface area (Å²) in [6, 6.07) is 17.6. The monoisotopic (exact) mass is 373 g/mol. The summed E-state index contributed by atoms with van der Waals surface area (Å²) >= 11 is 0. The van der Waals surface area contributed by atoms with E-state index in [1.54, 1.807) is 4.68 Å². The molecule has 0 atom stereocenters. The van der Waals surface area contributed by atoms with Crippen molar-refractivity contribution in [2.45, 2.75) is 31.8 Å². The zero-order valence-electron chi connectivity index (χ0n) is 15.2. The maximum Gasteiger partial charge on any atom is 0.240 e. The van der Waals surface area contributed by atoms with E-state index in [4.69, 9.17) is 4.98 Å². The molecule has 1 N–H and O–H groups in total. The second-order valence-electron chi connectivity index (χ2n) is 6.94. The first kappa shape index (κ1) is 16.6. The molecule has 5 rings (SSSR count). The Bertz CT molecular complexity index is 1130. The third kappa shape index (κ3) is 3.13. The molecule has 1 aliphatic carbocycles. The van der Waals surface area contributed by atoms with Crippen LogP contribution in [0.15, 0.2) is 54.6 Å². The van der Waals surface area contributed by atoms with Crippen LogP contribution in [0.25, 0.3) is 16.7 Å². The number of para-hydroxylation sites is 3. The number of imidazole rings is 1. The number of carbonyl (C=O) groups is 1. The molecule has 2 aromatic carbocycles. The lowest BCUT2D eigenvalue weighted by atomic mass is 10.3. The molecule has 4 aromatic rings. The van der Waals surface area contributed by atoms with Gasteiger partial charge in [-0.05, 0) is 47.5 Å². The number of hydrogen-bond acceptors (Lipinski definition) is 5. The highest BCUT2D eigenvalue weighted by molar-refractivity contribution is 5.81. The standard InChI is InChI=1S/C20H19N7O/c28-19(21-12-18-23-24-25-27(18)15-6-2-1-3-7-15)13-26-17-9-5-4-8-16(17)22-20(26)14-10-11-14/h1-9,14H,10-13H2,(H,21,28). The molecule has 2 heterocycles. The lowest BCUT2D eigenvalue weighted by Gasteiger charge is -2.10. The summed E-state index contributed by atoms with van der Waals surface area (Å²) in [6.07, 6.45) is 2.27. The highest BCUT2D eigenvalue weighted by atomic mass is 16.1. The van der Waals surface area contributed by atoms with Crippen LogP contribution in [0.4, 0.5) is 0 Å². The van der Waals surface area contributed by atoms with Crippen LogP contribution >= 0.6 is 0 Å². The second kappa shape index (κ2) is 6.88. The van der Waals surface area contributed by atoms with Crippen molar-refractivity contribution in [2.75, 3.05) is 0 Å². The lowest BCUT2D eigenvalue weighted by Crippen LogP contribution is -2.29. The fourth-order valence-electron chi connectivity index (χ4n) is 3.38. The van der Waals surface area contributed by atoms with Crippen molar-refractivity contribution in [3.63, 3.8) is 0 Å². The largest absolute Gasteiger partial charge is 0.347 e. The van der Waals surface area contributed by atoms with E-state index in [1.165, 1.54) is 0 Å². The lowest BCUT2D eigenvalue weighted by molar-refractivity contribution is -0.121. The maximum atomic E-state index is 12.7. The van der Waals surface area contributed by atoms with Gasteiger partial charge in [0.2, 0.25) is 5.91 Å². The Morgan fingerprint density at radius 2 is 1.86 bits per heavy atom. The zero-order chi connectivity index (χ0) is 18.9. The van der Waals surface area contributed by atoms with Crippen LogP contribution < -0.4 is 5.32 Å². The fraction of sp³-hybridized carbons (Fsp3) is 0.250. The minimum atomic E-state index is -0.0901. The molecule has 0 bridgehead atoms. The van der Waals surface area contributed by atoms with Crippen LogP contribution in [0.5, 0.6) is 0 Å². The van der Waals surface area contributed by atoms with E-state index in [9.17, 15) is 4.79 Å². The summed E-state index contributed by atoms with van der Waals surface area (Å²) in [6.45, 7) is 0.491. The summed E-state index contributed by atoms with van der Waals surface area (Å²) in [5.74, 6) is 1.96. The van der Waals surface area contributed by atoms with Gasteiger partial charge in [0.1, 0.15) is 12.4 Å². The van der Waals surface area contributed by atoms with Crippen LogP contribution in [-0.2, 0) is 17.9 Å². The van der Waals surface area contributed by atoms with E-state index in [1.807, 2.05) is 59.2 Å². The Kier molecular flexibility index (Phi) is 4.08. The number of hydrogen-bond donors (Lipinski definition) is 1. The quantitative estimate of drug-likeness (QED) is 0.560. The smallest absolute Gasteiger partial charge is 0.240 e. The molecule has 1 amide bonds. The number of amides is 1. The molecular formula is C20H19N7O. The van der Waals surface area contributed by atoms with Gasteiger partial charge in [-0.3, -0.25) is 4.79 Å². The highest BCUT2D eigenvalue weighted by Crippen LogP contribution is 2.40. The predicted molar refractivity (Wildman–Crippen MR) is 103 cm³/mol. The summed E-state index contributed by atoms with van der Waals surface area (Å²) in [5.41, 5.74) is 2.78. The summed E-state index contributed by atoms with van der Waals surface area (Å²) in [7, 11) is 0. The first-order valence-electron chi connectivity index (χ1n) is 9.34. The van der Waals surface area contributed by atoms with Gasteiger partial charge in [-0.25, -0.2) is 4.98 Å². The summed E-state index contributed by atoms with van der Waals surface area (Å²) in [4.78, 5) is 17.4. The summed E-state index contributed by atoms with van der Waals surface area (Å²) in [5, 5.41) is 14.7. The molecule has 0 spiro atoms.